The maximum atomic E-state index is 13.9. The first-order valence-electron chi connectivity index (χ1n) is 33.1. The molecule has 37 nitrogen and oxygen atoms in total. The van der Waals surface area contributed by atoms with Crippen molar-refractivity contribution < 1.29 is 471 Å². The van der Waals surface area contributed by atoms with E-state index in [1.165, 1.54) is 0 Å². The molecule has 1 aliphatic heterocycles. The number of halogens is 14. The molecule has 9 atom stereocenters. The monoisotopic (exact) mass is 2130 g/mol. The van der Waals surface area contributed by atoms with Crippen molar-refractivity contribution in [1.29, 1.82) is 0 Å². The second-order valence-corrected chi connectivity index (χ2v) is 46.5. The molecular weight excluding hydrogens is 2050 g/mol. The predicted molar refractivity (Wildman–Crippen MR) is 369 cm³/mol. The smallest absolute Gasteiger partial charge is 0.748 e. The number of alkyl halides is 14. The summed E-state index contributed by atoms with van der Waals surface area (Å²) in [4.78, 5) is 63.6. The van der Waals surface area contributed by atoms with Crippen molar-refractivity contribution in [2.45, 2.75) is 189 Å². The molecule has 7 rings (SSSR count). The molecule has 1 saturated heterocycles. The number of nitrogens with zero attached hydrogens (tertiary/aromatic N) is 4. The van der Waals surface area contributed by atoms with Gasteiger partial charge < -0.3 is 44.4 Å². The molecule has 0 amide bonds. The molecule has 686 valence electrons. The van der Waals surface area contributed by atoms with Gasteiger partial charge in [-0.2, -0.15) is 61.5 Å². The van der Waals surface area contributed by atoms with Crippen LogP contribution in [0.25, 0.3) is 16.5 Å². The molecule has 7 aliphatic rings. The molecule has 1 unspecified atom stereocenters. The van der Waals surface area contributed by atoms with Crippen LogP contribution in [-0.2, 0) is 149 Å². The third-order valence-electron chi connectivity index (χ3n) is 18.7. The van der Waals surface area contributed by atoms with E-state index in [1.54, 1.807) is 12.4 Å². The summed E-state index contributed by atoms with van der Waals surface area (Å²) in [6, 6.07) is 0. The number of carbonyl (C=O) groups excluding carboxylic acids is 5. The molecule has 0 aromatic rings. The number of hydrogen-bond donors (Lipinski definition) is 0. The summed E-state index contributed by atoms with van der Waals surface area (Å²) in [7, 11) is -53.6. The van der Waals surface area contributed by atoms with Gasteiger partial charge in [0.05, 0.1) is 82.2 Å². The van der Waals surface area contributed by atoms with Gasteiger partial charge in [0.2, 0.25) is 6.10 Å². The zero-order valence-corrected chi connectivity index (χ0v) is 93.0. The number of ketones is 3. The number of ether oxygens (including phenoxy) is 3. The quantitative estimate of drug-likeness (QED) is 0.0446. The summed E-state index contributed by atoms with van der Waals surface area (Å²) in [5, 5.41) is -4.34. The van der Waals surface area contributed by atoms with Gasteiger partial charge in [0.1, 0.15) is 24.0 Å². The normalized spacial score (nSPS) is 24.0. The summed E-state index contributed by atoms with van der Waals surface area (Å²) in [6.45, 7) is 3.44. The zero-order valence-electron chi connectivity index (χ0n) is 67.5. The van der Waals surface area contributed by atoms with Crippen LogP contribution in [0.3, 0.4) is 0 Å². The van der Waals surface area contributed by atoms with Crippen LogP contribution >= 0.6 is 0 Å². The van der Waals surface area contributed by atoms with Gasteiger partial charge in [0.15, 0.2) is 46.8 Å². The number of Topliss-reactive ketones (excluding diaryl/α,β-unsaturated/α-hetero) is 3. The maximum absolute atomic E-state index is 13.9. The van der Waals surface area contributed by atoms with Crippen molar-refractivity contribution in [3.8, 4) is 0 Å². The van der Waals surface area contributed by atoms with Crippen LogP contribution in [0, 0.1) is 58.2 Å². The van der Waals surface area contributed by atoms with E-state index >= 15 is 0 Å². The minimum atomic E-state index is -5.92. The van der Waals surface area contributed by atoms with E-state index in [9.17, 15) is 179 Å². The fourth-order valence-corrected chi connectivity index (χ4v) is 23.2. The molecule has 1 heterocycles. The molecule has 0 aromatic heterocycles. The van der Waals surface area contributed by atoms with Crippen LogP contribution in [0.15, 0.2) is 0 Å². The molecular formula is C54H81F14K4N4Na2O33S11-. The fraction of sp³-hybridized carbons (Fsp3) is 0.907. The first-order chi connectivity index (χ1) is 51.4. The van der Waals surface area contributed by atoms with Gasteiger partial charge in [-0.3, -0.25) is 19.2 Å². The fourth-order valence-electron chi connectivity index (χ4n) is 13.9. The summed E-state index contributed by atoms with van der Waals surface area (Å²) >= 11 is 0. The van der Waals surface area contributed by atoms with Crippen molar-refractivity contribution in [2.75, 3.05) is 55.5 Å². The van der Waals surface area contributed by atoms with E-state index < -0.39 is 181 Å². The van der Waals surface area contributed by atoms with Gasteiger partial charge in [-0.25, -0.2) is 97.4 Å². The number of esters is 2. The number of carbonyl (C=O) groups is 5. The largest absolute Gasteiger partial charge is 1.00 e. The third-order valence-corrected chi connectivity index (χ3v) is 31.0. The predicted octanol–water partition coefficient (Wildman–Crippen LogP) is -11.7. The summed E-state index contributed by atoms with van der Waals surface area (Å²) in [5.41, 5.74) is -18.0. The van der Waals surface area contributed by atoms with Crippen molar-refractivity contribution >= 4 is 140 Å². The molecule has 122 heavy (non-hydrogen) atoms. The van der Waals surface area contributed by atoms with E-state index in [2.05, 4.69) is 15.8 Å². The van der Waals surface area contributed by atoms with E-state index in [4.69, 9.17) is 22.4 Å². The van der Waals surface area contributed by atoms with Crippen LogP contribution in [0.1, 0.15) is 149 Å². The second-order valence-electron chi connectivity index (χ2n) is 27.9. The Morgan fingerprint density at radius 2 is 0.926 bits per heavy atom. The number of sulfonamides is 8. The SMILES string of the molecule is CS(=O)(=O)[N-]S(=O)(=O)C(F)(F)F.CS(=O)(=O)[N-]S(=O)(=O)C(F)(F)F.CS(=O)(=O)[N-]S(=O)(=O)C(F)(F)F.CS(=O)(=O)[O-].C[C@H](CCC(=O)OCC(=O)OC(CS(=O)(=O)[O-])C(F)(F)F)[C@H]1CC[C@H]2[C@@H]3C(=O)C[C@@H]4CC(=O)CC[C@]4(C)[C@H]3CC(=O)[C@]12C.O=S(=O)([O-])C(F)(F)COC(C1CCCCC1)C1CCCCC1.O=S1(=O)CCCS(=O)(=O)[N-]1.[K+].[K+].[K+].[K+].[Na+].[Na+]. The van der Waals surface area contributed by atoms with Crippen molar-refractivity contribution in [1.82, 2.24) is 0 Å². The average Bonchev–Trinajstić information content (AvgIpc) is 1.41. The second kappa shape index (κ2) is 54.3. The zero-order chi connectivity index (χ0) is 91.3. The van der Waals surface area contributed by atoms with E-state index in [1.807, 2.05) is 13.8 Å². The van der Waals surface area contributed by atoms with Gasteiger partial charge >= 0.3 is 305 Å². The molecule has 0 aromatic carbocycles. The van der Waals surface area contributed by atoms with Crippen LogP contribution < -0.4 is 265 Å². The number of hydrogen-bond acceptors (Lipinski definition) is 33. The molecule has 68 heteroatoms. The number of rotatable bonds is 21. The Labute approximate surface area is 913 Å². The Balaban J connectivity index is -0.000000358. The maximum Gasteiger partial charge on any atom is 1.00 e. The average molecular weight is 2140 g/mol. The first kappa shape index (κ1) is 137. The molecule has 0 spiro atoms. The minimum absolute atomic E-state index is 0. The van der Waals surface area contributed by atoms with Gasteiger partial charge in [-0.15, -0.1) is 0 Å². The molecule has 6 aliphatic carbocycles. The van der Waals surface area contributed by atoms with Crippen LogP contribution in [-0.4, -0.2) is 231 Å². The Kier molecular flexibility index (Phi) is 61.1. The van der Waals surface area contributed by atoms with Gasteiger partial charge in [-0.05, 0) is 105 Å². The summed E-state index contributed by atoms with van der Waals surface area (Å²) < 4.78 is 444. The Morgan fingerprint density at radius 3 is 1.24 bits per heavy atom. The Morgan fingerprint density at radius 1 is 0.549 bits per heavy atom. The minimum Gasteiger partial charge on any atom is -0.748 e. The van der Waals surface area contributed by atoms with Crippen molar-refractivity contribution in [2.24, 2.45) is 58.2 Å². The van der Waals surface area contributed by atoms with Crippen LogP contribution in [0.4, 0.5) is 61.5 Å². The van der Waals surface area contributed by atoms with Gasteiger partial charge in [-0.1, -0.05) is 59.3 Å². The molecule has 7 fully saturated rings. The standard InChI is InChI=1S/C29H39F3O10S.C15H26F2O4S.C3H6NO4S2.3C2H3F3NO4S2.CH4O3S.4K.2Na/c1-15(4-7-24(36)41-13-25(37)42-23(29(30,31)32)14-43(38,39)40)18-5-6-19-26-20(12-22(35)28(18,19)3)27(2)9-8-17(33)10-16(27)11-21(26)34;16-15(17,22(18,19)20)11-21-14(12-7-3-1-4-8-12)13-9-5-2-6-10-13;5-9(6)2-1-3-10(7,8)4-9;3*1-11(7,8)6-12(9,10)2(3,4)5;1-5(2,3)4;;;;;;/h15-16,18-20,23,26H,4-14H2,1-3H3,(H,38,39,40);12-14H,1-11H2,(H,18,19,20);1-3H2;3*1H3;1H3,(H,2,3,4);;;;;;/q;;4*-1;;6*+1/p-3/t15-,16+,18-,19+,20+,23?,26+,27+,28-;;;;;;;;;;;;/m1............/s1. The van der Waals surface area contributed by atoms with Crippen LogP contribution in [0.2, 0.25) is 0 Å². The molecule has 0 N–H and O–H groups in total. The molecule has 0 bridgehead atoms. The number of fused-ring (bicyclic) bond motifs is 5. The summed E-state index contributed by atoms with van der Waals surface area (Å²) in [5.74, 6) is -4.78. The molecule has 0 radical (unpaired) electrons. The van der Waals surface area contributed by atoms with E-state index in [0.29, 0.717) is 44.8 Å². The van der Waals surface area contributed by atoms with Crippen molar-refractivity contribution in [3.63, 3.8) is 0 Å². The first-order valence-corrected chi connectivity index (χ1v) is 51.0. The van der Waals surface area contributed by atoms with E-state index in [-0.39, 0.29) is 397 Å². The molecule has 6 saturated carbocycles. The van der Waals surface area contributed by atoms with Gasteiger partial charge in [0.25, 0.3) is 0 Å². The van der Waals surface area contributed by atoms with E-state index in [0.717, 1.165) is 64.2 Å². The van der Waals surface area contributed by atoms with Gasteiger partial charge in [0, 0.05) is 80.0 Å². The summed E-state index contributed by atoms with van der Waals surface area (Å²) in [6.07, 6.45) is 6.62. The van der Waals surface area contributed by atoms with Crippen molar-refractivity contribution in [3.05, 3.63) is 16.5 Å². The van der Waals surface area contributed by atoms with Crippen LogP contribution in [0.5, 0.6) is 0 Å². The Hall–Kier alpha value is 4.65. The topological polar surface area (TPSA) is 614 Å². The third kappa shape index (κ3) is 49.3. The Bertz CT molecular complexity index is 4580.